The molecular formula is C24H30N2O4. The van der Waals surface area contributed by atoms with Gasteiger partial charge in [0.25, 0.3) is 0 Å². The number of rotatable bonds is 12. The van der Waals surface area contributed by atoms with Crippen LogP contribution in [-0.2, 0) is 4.79 Å². The van der Waals surface area contributed by atoms with E-state index in [2.05, 4.69) is 17.5 Å². The first-order valence-corrected chi connectivity index (χ1v) is 10.5. The van der Waals surface area contributed by atoms with Gasteiger partial charge in [0.1, 0.15) is 0 Å². The molecule has 0 aliphatic rings. The number of hydrogen-bond acceptors (Lipinski definition) is 5. The maximum Gasteiger partial charge on any atom is 0.343 e. The minimum absolute atomic E-state index is 0.0961. The molecule has 0 aliphatic heterocycles. The van der Waals surface area contributed by atoms with Gasteiger partial charge in [-0.3, -0.25) is 4.79 Å². The summed E-state index contributed by atoms with van der Waals surface area (Å²) in [6.07, 6.45) is 7.50. The molecule has 1 amide bonds. The van der Waals surface area contributed by atoms with Crippen LogP contribution < -0.4 is 14.9 Å². The molecule has 0 spiro atoms. The Morgan fingerprint density at radius 1 is 0.967 bits per heavy atom. The molecule has 160 valence electrons. The van der Waals surface area contributed by atoms with E-state index in [4.69, 9.17) is 9.47 Å². The van der Waals surface area contributed by atoms with Crippen LogP contribution in [0, 0.1) is 0 Å². The number of carbonyl (C=O) groups excluding carboxylic acids is 2. The topological polar surface area (TPSA) is 77.0 Å². The summed E-state index contributed by atoms with van der Waals surface area (Å²) in [5.41, 5.74) is 3.73. The molecule has 6 nitrogen and oxygen atoms in total. The summed E-state index contributed by atoms with van der Waals surface area (Å²) in [4.78, 5) is 24.1. The van der Waals surface area contributed by atoms with Crippen molar-refractivity contribution in [2.24, 2.45) is 5.10 Å². The maximum absolute atomic E-state index is 12.3. The number of unbranched alkanes of at least 4 members (excludes halogenated alkanes) is 4. The fraction of sp³-hybridized carbons (Fsp3) is 0.375. The molecule has 2 aromatic carbocycles. The average molecular weight is 411 g/mol. The second kappa shape index (κ2) is 13.1. The van der Waals surface area contributed by atoms with Crippen molar-refractivity contribution in [1.29, 1.82) is 0 Å². The quantitative estimate of drug-likeness (QED) is 0.173. The van der Waals surface area contributed by atoms with Gasteiger partial charge in [0, 0.05) is 6.42 Å². The molecular weight excluding hydrogens is 380 g/mol. The zero-order chi connectivity index (χ0) is 21.6. The largest absolute Gasteiger partial charge is 0.490 e. The third-order valence-electron chi connectivity index (χ3n) is 4.39. The highest BCUT2D eigenvalue weighted by Gasteiger charge is 2.13. The van der Waals surface area contributed by atoms with E-state index in [1.165, 1.54) is 12.8 Å². The molecule has 0 fully saturated rings. The molecule has 2 rings (SSSR count). The van der Waals surface area contributed by atoms with Crippen molar-refractivity contribution >= 4 is 18.1 Å². The van der Waals surface area contributed by atoms with Gasteiger partial charge in [-0.15, -0.1) is 0 Å². The molecule has 0 aliphatic carbocycles. The SMILES string of the molecule is CCCCCCCC(=O)NN=Cc1ccc(OC(=O)c2ccccc2)c(OCC)c1. The molecule has 1 N–H and O–H groups in total. The number of ether oxygens (including phenoxy) is 2. The number of nitrogens with one attached hydrogen (secondary N) is 1. The number of nitrogens with zero attached hydrogens (tertiary/aromatic N) is 1. The van der Waals surface area contributed by atoms with E-state index in [0.29, 0.717) is 30.1 Å². The van der Waals surface area contributed by atoms with Gasteiger partial charge in [0.05, 0.1) is 18.4 Å². The predicted molar refractivity (Wildman–Crippen MR) is 118 cm³/mol. The van der Waals surface area contributed by atoms with Gasteiger partial charge >= 0.3 is 5.97 Å². The van der Waals surface area contributed by atoms with E-state index in [9.17, 15) is 9.59 Å². The average Bonchev–Trinajstić information content (AvgIpc) is 2.76. The van der Waals surface area contributed by atoms with E-state index < -0.39 is 5.97 Å². The van der Waals surface area contributed by atoms with Crippen LogP contribution in [0.5, 0.6) is 11.5 Å². The molecule has 0 saturated heterocycles. The van der Waals surface area contributed by atoms with Crippen molar-refractivity contribution in [3.63, 3.8) is 0 Å². The molecule has 0 heterocycles. The highest BCUT2D eigenvalue weighted by molar-refractivity contribution is 5.91. The van der Waals surface area contributed by atoms with Gasteiger partial charge in [-0.2, -0.15) is 5.10 Å². The van der Waals surface area contributed by atoms with Crippen LogP contribution >= 0.6 is 0 Å². The summed E-state index contributed by atoms with van der Waals surface area (Å²) in [5, 5.41) is 4.01. The van der Waals surface area contributed by atoms with Crippen LogP contribution in [0.4, 0.5) is 0 Å². The van der Waals surface area contributed by atoms with Gasteiger partial charge in [0.2, 0.25) is 5.91 Å². The summed E-state index contributed by atoms with van der Waals surface area (Å²) < 4.78 is 11.1. The summed E-state index contributed by atoms with van der Waals surface area (Å²) in [7, 11) is 0. The molecule has 0 unspecified atom stereocenters. The first-order chi connectivity index (χ1) is 14.6. The third-order valence-corrected chi connectivity index (χ3v) is 4.39. The lowest BCUT2D eigenvalue weighted by Crippen LogP contribution is -2.16. The van der Waals surface area contributed by atoms with Gasteiger partial charge in [-0.25, -0.2) is 10.2 Å². The Balaban J connectivity index is 1.93. The Bertz CT molecular complexity index is 834. The molecule has 6 heteroatoms. The van der Waals surface area contributed by atoms with E-state index in [0.717, 1.165) is 24.8 Å². The fourth-order valence-electron chi connectivity index (χ4n) is 2.81. The van der Waals surface area contributed by atoms with Crippen molar-refractivity contribution in [1.82, 2.24) is 5.43 Å². The highest BCUT2D eigenvalue weighted by atomic mass is 16.6. The van der Waals surface area contributed by atoms with Crippen LogP contribution in [0.3, 0.4) is 0 Å². The highest BCUT2D eigenvalue weighted by Crippen LogP contribution is 2.29. The molecule has 0 atom stereocenters. The smallest absolute Gasteiger partial charge is 0.343 e. The second-order valence-electron chi connectivity index (χ2n) is 6.85. The molecule has 0 saturated carbocycles. The van der Waals surface area contributed by atoms with Gasteiger partial charge < -0.3 is 9.47 Å². The Hall–Kier alpha value is -3.15. The minimum Gasteiger partial charge on any atom is -0.490 e. The van der Waals surface area contributed by atoms with E-state index >= 15 is 0 Å². The van der Waals surface area contributed by atoms with Crippen molar-refractivity contribution in [3.8, 4) is 11.5 Å². The minimum atomic E-state index is -0.454. The zero-order valence-corrected chi connectivity index (χ0v) is 17.7. The first kappa shape index (κ1) is 23.1. The Morgan fingerprint density at radius 3 is 2.47 bits per heavy atom. The van der Waals surface area contributed by atoms with E-state index in [1.807, 2.05) is 13.0 Å². The van der Waals surface area contributed by atoms with E-state index in [1.54, 1.807) is 48.7 Å². The molecule has 30 heavy (non-hydrogen) atoms. The zero-order valence-electron chi connectivity index (χ0n) is 17.7. The lowest BCUT2D eigenvalue weighted by molar-refractivity contribution is -0.121. The lowest BCUT2D eigenvalue weighted by Gasteiger charge is -2.11. The van der Waals surface area contributed by atoms with Crippen LogP contribution in [-0.4, -0.2) is 24.7 Å². The number of esters is 1. The Kier molecular flexibility index (Phi) is 10.1. The van der Waals surface area contributed by atoms with Crippen LogP contribution in [0.1, 0.15) is 68.3 Å². The van der Waals surface area contributed by atoms with Gasteiger partial charge in [-0.05, 0) is 49.2 Å². The molecule has 2 aromatic rings. The van der Waals surface area contributed by atoms with Crippen molar-refractivity contribution in [2.75, 3.05) is 6.61 Å². The monoisotopic (exact) mass is 410 g/mol. The lowest BCUT2D eigenvalue weighted by atomic mass is 10.1. The van der Waals surface area contributed by atoms with Crippen molar-refractivity contribution in [3.05, 3.63) is 59.7 Å². The van der Waals surface area contributed by atoms with Crippen molar-refractivity contribution in [2.45, 2.75) is 52.4 Å². The van der Waals surface area contributed by atoms with Crippen LogP contribution in [0.25, 0.3) is 0 Å². The summed E-state index contributed by atoms with van der Waals surface area (Å²) in [5.74, 6) is 0.220. The summed E-state index contributed by atoms with van der Waals surface area (Å²) in [6.45, 7) is 4.44. The number of carbonyl (C=O) groups is 2. The number of amides is 1. The standard InChI is InChI=1S/C24H30N2O4/c1-3-5-6-7-11-14-23(27)26-25-18-19-15-16-21(22(17-19)29-4-2)30-24(28)20-12-9-8-10-13-20/h8-10,12-13,15-18H,3-7,11,14H2,1-2H3,(H,26,27). The Labute approximate surface area is 178 Å². The van der Waals surface area contributed by atoms with Crippen LogP contribution in [0.2, 0.25) is 0 Å². The number of benzene rings is 2. The van der Waals surface area contributed by atoms with Crippen LogP contribution in [0.15, 0.2) is 53.6 Å². The fourth-order valence-corrected chi connectivity index (χ4v) is 2.81. The molecule has 0 bridgehead atoms. The van der Waals surface area contributed by atoms with E-state index in [-0.39, 0.29) is 5.91 Å². The van der Waals surface area contributed by atoms with Gasteiger partial charge in [-0.1, -0.05) is 50.8 Å². The molecule has 0 radical (unpaired) electrons. The number of hydrogen-bond donors (Lipinski definition) is 1. The van der Waals surface area contributed by atoms with Gasteiger partial charge in [0.15, 0.2) is 11.5 Å². The molecule has 0 aromatic heterocycles. The maximum atomic E-state index is 12.3. The summed E-state index contributed by atoms with van der Waals surface area (Å²) >= 11 is 0. The predicted octanol–water partition coefficient (Wildman–Crippen LogP) is 5.12. The summed E-state index contributed by atoms with van der Waals surface area (Å²) in [6, 6.07) is 13.9. The normalized spacial score (nSPS) is 10.7. The van der Waals surface area contributed by atoms with Crippen molar-refractivity contribution < 1.29 is 19.1 Å². The third kappa shape index (κ3) is 8.07. The first-order valence-electron chi connectivity index (χ1n) is 10.5. The number of hydrazone groups is 1. The second-order valence-corrected chi connectivity index (χ2v) is 6.85. The Morgan fingerprint density at radius 2 is 1.73 bits per heavy atom.